The predicted octanol–water partition coefficient (Wildman–Crippen LogP) is 3.09. The fourth-order valence-corrected chi connectivity index (χ4v) is 4.53. The minimum atomic E-state index is -3.68. The molecule has 1 N–H and O–H groups in total. The summed E-state index contributed by atoms with van der Waals surface area (Å²) in [5, 5.41) is 2.77. The molecule has 1 saturated heterocycles. The highest BCUT2D eigenvalue weighted by Crippen LogP contribution is 2.30. The molecular weight excluding hydrogens is 392 g/mol. The van der Waals surface area contributed by atoms with E-state index in [1.807, 2.05) is 12.1 Å². The summed E-state index contributed by atoms with van der Waals surface area (Å²) in [6, 6.07) is 11.8. The average Bonchev–Trinajstić information content (AvgIpc) is 2.74. The van der Waals surface area contributed by atoms with Crippen LogP contribution in [0.15, 0.2) is 47.4 Å². The summed E-state index contributed by atoms with van der Waals surface area (Å²) < 4.78 is 37.7. The molecule has 2 aromatic rings. The van der Waals surface area contributed by atoms with Gasteiger partial charge in [0.2, 0.25) is 10.0 Å². The third-order valence-electron chi connectivity index (χ3n) is 4.87. The highest BCUT2D eigenvalue weighted by Gasteiger charge is 2.27. The van der Waals surface area contributed by atoms with Crippen LogP contribution in [-0.2, 0) is 14.8 Å². The van der Waals surface area contributed by atoms with Gasteiger partial charge in [-0.2, -0.15) is 4.31 Å². The van der Waals surface area contributed by atoms with Gasteiger partial charge < -0.3 is 14.8 Å². The van der Waals surface area contributed by atoms with E-state index in [9.17, 15) is 13.2 Å². The molecule has 0 spiro atoms. The van der Waals surface area contributed by atoms with Crippen molar-refractivity contribution in [2.45, 2.75) is 24.7 Å². The summed E-state index contributed by atoms with van der Waals surface area (Å²) in [5.74, 6) is 0.423. The van der Waals surface area contributed by atoms with Gasteiger partial charge in [0.05, 0.1) is 30.9 Å². The largest absolute Gasteiger partial charge is 0.495 e. The quantitative estimate of drug-likeness (QED) is 0.779. The van der Waals surface area contributed by atoms with Crippen LogP contribution in [0.25, 0.3) is 0 Å². The van der Waals surface area contributed by atoms with Crippen LogP contribution in [-0.4, -0.2) is 52.0 Å². The van der Waals surface area contributed by atoms with Crippen LogP contribution in [0, 0.1) is 0 Å². The Labute approximate surface area is 171 Å². The number of nitrogens with one attached hydrogen (secondary N) is 1. The molecule has 7 nitrogen and oxygen atoms in total. The summed E-state index contributed by atoms with van der Waals surface area (Å²) in [6.45, 7) is 5.51. The number of nitrogens with zero attached hydrogens (tertiary/aromatic N) is 1. The predicted molar refractivity (Wildman–Crippen MR) is 111 cm³/mol. The Kier molecular flexibility index (Phi) is 6.56. The van der Waals surface area contributed by atoms with Crippen LogP contribution in [0.1, 0.15) is 35.7 Å². The van der Waals surface area contributed by atoms with Crippen molar-refractivity contribution in [3.05, 3.63) is 53.6 Å². The first-order chi connectivity index (χ1) is 13.8. The highest BCUT2D eigenvalue weighted by molar-refractivity contribution is 7.89. The monoisotopic (exact) mass is 418 g/mol. The van der Waals surface area contributed by atoms with Crippen molar-refractivity contribution < 1.29 is 22.7 Å². The van der Waals surface area contributed by atoms with Crippen molar-refractivity contribution in [3.8, 4) is 5.75 Å². The van der Waals surface area contributed by atoms with Gasteiger partial charge >= 0.3 is 0 Å². The molecule has 1 amide bonds. The zero-order chi connectivity index (χ0) is 21.0. The van der Waals surface area contributed by atoms with E-state index in [0.29, 0.717) is 49.2 Å². The molecule has 1 aliphatic rings. The van der Waals surface area contributed by atoms with Crippen LogP contribution in [0.4, 0.5) is 5.69 Å². The van der Waals surface area contributed by atoms with E-state index in [2.05, 4.69) is 19.2 Å². The molecule has 0 unspecified atom stereocenters. The fourth-order valence-electron chi connectivity index (χ4n) is 3.10. The van der Waals surface area contributed by atoms with Gasteiger partial charge in [-0.3, -0.25) is 4.79 Å². The molecule has 1 heterocycles. The maximum Gasteiger partial charge on any atom is 0.255 e. The molecule has 0 aliphatic carbocycles. The number of morpholine rings is 1. The van der Waals surface area contributed by atoms with E-state index in [1.54, 1.807) is 18.2 Å². The van der Waals surface area contributed by atoms with Crippen molar-refractivity contribution in [3.63, 3.8) is 0 Å². The van der Waals surface area contributed by atoms with E-state index in [4.69, 9.17) is 9.47 Å². The molecule has 1 aliphatic heterocycles. The Balaban J connectivity index is 1.86. The normalized spacial score (nSPS) is 15.3. The third kappa shape index (κ3) is 4.77. The lowest BCUT2D eigenvalue weighted by molar-refractivity contribution is 0.0730. The molecule has 0 aromatic heterocycles. The van der Waals surface area contributed by atoms with Crippen molar-refractivity contribution in [2.75, 3.05) is 38.7 Å². The molecule has 0 bridgehead atoms. The van der Waals surface area contributed by atoms with Gasteiger partial charge in [-0.25, -0.2) is 8.42 Å². The Bertz CT molecular complexity index is 965. The Morgan fingerprint density at radius 1 is 1.10 bits per heavy atom. The van der Waals surface area contributed by atoms with Crippen LogP contribution < -0.4 is 10.1 Å². The summed E-state index contributed by atoms with van der Waals surface area (Å²) in [5.41, 5.74) is 1.93. The van der Waals surface area contributed by atoms with Crippen molar-refractivity contribution in [2.24, 2.45) is 0 Å². The summed E-state index contributed by atoms with van der Waals surface area (Å²) in [4.78, 5) is 12.8. The lowest BCUT2D eigenvalue weighted by Crippen LogP contribution is -2.40. The number of hydrogen-bond acceptors (Lipinski definition) is 5. The van der Waals surface area contributed by atoms with Gasteiger partial charge in [0, 0.05) is 18.7 Å². The molecule has 0 saturated carbocycles. The number of carbonyl (C=O) groups excluding carboxylic acids is 1. The topological polar surface area (TPSA) is 84.9 Å². The second kappa shape index (κ2) is 8.94. The first kappa shape index (κ1) is 21.3. The van der Waals surface area contributed by atoms with Gasteiger partial charge in [-0.05, 0) is 41.8 Å². The number of benzene rings is 2. The zero-order valence-electron chi connectivity index (χ0n) is 16.8. The Hall–Kier alpha value is -2.42. The molecular formula is C21H26N2O5S. The van der Waals surface area contributed by atoms with Crippen LogP contribution in [0.2, 0.25) is 0 Å². The summed E-state index contributed by atoms with van der Waals surface area (Å²) in [6.07, 6.45) is 0. The van der Waals surface area contributed by atoms with Crippen molar-refractivity contribution >= 4 is 21.6 Å². The third-order valence-corrected chi connectivity index (χ3v) is 6.76. The molecule has 29 heavy (non-hydrogen) atoms. The van der Waals surface area contributed by atoms with E-state index in [0.717, 1.165) is 5.56 Å². The number of carbonyl (C=O) groups is 1. The lowest BCUT2D eigenvalue weighted by atomic mass is 10.0. The fraction of sp³-hybridized carbons (Fsp3) is 0.381. The first-order valence-electron chi connectivity index (χ1n) is 9.50. The summed E-state index contributed by atoms with van der Waals surface area (Å²) in [7, 11) is -2.21. The number of ether oxygens (including phenoxy) is 2. The highest BCUT2D eigenvalue weighted by atomic mass is 32.2. The van der Waals surface area contributed by atoms with Crippen LogP contribution in [0.5, 0.6) is 5.75 Å². The Morgan fingerprint density at radius 3 is 2.34 bits per heavy atom. The lowest BCUT2D eigenvalue weighted by Gasteiger charge is -2.26. The number of amides is 1. The van der Waals surface area contributed by atoms with Crippen molar-refractivity contribution in [1.29, 1.82) is 0 Å². The van der Waals surface area contributed by atoms with E-state index < -0.39 is 10.0 Å². The van der Waals surface area contributed by atoms with Crippen LogP contribution >= 0.6 is 0 Å². The molecule has 8 heteroatoms. The average molecular weight is 419 g/mol. The molecule has 0 atom stereocenters. The molecule has 2 aromatic carbocycles. The van der Waals surface area contributed by atoms with Gasteiger partial charge in [0.15, 0.2) is 0 Å². The Morgan fingerprint density at radius 2 is 1.76 bits per heavy atom. The van der Waals surface area contributed by atoms with Crippen molar-refractivity contribution in [1.82, 2.24) is 4.31 Å². The molecule has 3 rings (SSSR count). The van der Waals surface area contributed by atoms with Gasteiger partial charge in [0.1, 0.15) is 5.75 Å². The minimum absolute atomic E-state index is 0.102. The SMILES string of the molecule is COc1ccc(S(=O)(=O)N2CCOCC2)cc1NC(=O)c1ccc(C(C)C)cc1. The minimum Gasteiger partial charge on any atom is -0.495 e. The number of sulfonamides is 1. The smallest absolute Gasteiger partial charge is 0.255 e. The van der Waals surface area contributed by atoms with Gasteiger partial charge in [0.25, 0.3) is 5.91 Å². The number of methoxy groups -OCH3 is 1. The zero-order valence-corrected chi connectivity index (χ0v) is 17.7. The second-order valence-corrected chi connectivity index (χ2v) is 9.05. The van der Waals surface area contributed by atoms with Gasteiger partial charge in [-0.15, -0.1) is 0 Å². The van der Waals surface area contributed by atoms with E-state index >= 15 is 0 Å². The number of anilines is 1. The van der Waals surface area contributed by atoms with E-state index in [1.165, 1.54) is 23.5 Å². The van der Waals surface area contributed by atoms with Crippen LogP contribution in [0.3, 0.4) is 0 Å². The molecule has 1 fully saturated rings. The molecule has 0 radical (unpaired) electrons. The second-order valence-electron chi connectivity index (χ2n) is 7.11. The maximum atomic E-state index is 12.9. The number of rotatable bonds is 6. The standard InChI is InChI=1S/C21H26N2O5S/c1-15(2)16-4-6-17(7-5-16)21(24)22-19-14-18(8-9-20(19)27-3)29(25,26)23-10-12-28-13-11-23/h4-9,14-15H,10-13H2,1-3H3,(H,22,24). The molecule has 156 valence electrons. The van der Waals surface area contributed by atoms with E-state index in [-0.39, 0.29) is 10.8 Å². The number of hydrogen-bond donors (Lipinski definition) is 1. The van der Waals surface area contributed by atoms with Gasteiger partial charge in [-0.1, -0.05) is 26.0 Å². The first-order valence-corrected chi connectivity index (χ1v) is 10.9. The summed E-state index contributed by atoms with van der Waals surface area (Å²) >= 11 is 0. The maximum absolute atomic E-state index is 12.9.